The lowest BCUT2D eigenvalue weighted by Gasteiger charge is -2.12. The third-order valence-corrected chi connectivity index (χ3v) is 2.81. The first kappa shape index (κ1) is 17.3. The molecule has 1 aromatic carbocycles. The van der Waals surface area contributed by atoms with Crippen molar-refractivity contribution in [1.82, 2.24) is 10.6 Å². The number of carbonyl (C=O) groups is 1. The maximum absolute atomic E-state index is 12.4. The van der Waals surface area contributed by atoms with Crippen LogP contribution in [-0.4, -0.2) is 32.7 Å². The molecule has 1 rings (SSSR count). The molecule has 0 bridgehead atoms. The molecule has 4 nitrogen and oxygen atoms in total. The van der Waals surface area contributed by atoms with E-state index in [9.17, 15) is 18.0 Å². The van der Waals surface area contributed by atoms with E-state index in [0.29, 0.717) is 18.8 Å². The third kappa shape index (κ3) is 6.03. The topological polar surface area (TPSA) is 50.4 Å². The van der Waals surface area contributed by atoms with Gasteiger partial charge in [0, 0.05) is 12.5 Å². The smallest absolute Gasteiger partial charge is 0.416 e. The van der Waals surface area contributed by atoms with E-state index in [1.807, 2.05) is 0 Å². The second kappa shape index (κ2) is 7.87. The van der Waals surface area contributed by atoms with E-state index in [4.69, 9.17) is 4.74 Å². The Hall–Kier alpha value is -1.76. The summed E-state index contributed by atoms with van der Waals surface area (Å²) in [6.07, 6.45) is -4.35. The van der Waals surface area contributed by atoms with Crippen LogP contribution in [-0.2, 0) is 11.0 Å². The predicted octanol–water partition coefficient (Wildman–Crippen LogP) is 2.06. The van der Waals surface area contributed by atoms with Gasteiger partial charge in [-0.3, -0.25) is 4.79 Å². The zero-order valence-corrected chi connectivity index (χ0v) is 12.0. The normalized spacial score (nSPS) is 12.8. The largest absolute Gasteiger partial charge is 0.492 e. The molecule has 2 N–H and O–H groups in total. The maximum atomic E-state index is 12.4. The summed E-state index contributed by atoms with van der Waals surface area (Å²) in [5.41, 5.74) is -0.718. The summed E-state index contributed by atoms with van der Waals surface area (Å²) in [5, 5.41) is 5.59. The molecule has 0 saturated heterocycles. The van der Waals surface area contributed by atoms with Crippen LogP contribution in [0.2, 0.25) is 0 Å². The fourth-order valence-electron chi connectivity index (χ4n) is 1.66. The number of rotatable bonds is 7. The number of halogens is 3. The van der Waals surface area contributed by atoms with Gasteiger partial charge in [-0.05, 0) is 31.3 Å². The van der Waals surface area contributed by atoms with Gasteiger partial charge in [0.15, 0.2) is 0 Å². The van der Waals surface area contributed by atoms with Gasteiger partial charge in [0.25, 0.3) is 0 Å². The number of amides is 1. The van der Waals surface area contributed by atoms with Gasteiger partial charge in [0.05, 0.1) is 12.1 Å². The molecule has 1 aromatic rings. The summed E-state index contributed by atoms with van der Waals surface area (Å²) in [6, 6.07) is 4.44. The zero-order chi connectivity index (χ0) is 15.9. The van der Waals surface area contributed by atoms with E-state index in [1.54, 1.807) is 14.0 Å². The number of carbonyl (C=O) groups excluding carboxylic acids is 1. The van der Waals surface area contributed by atoms with Gasteiger partial charge in [0.1, 0.15) is 12.4 Å². The van der Waals surface area contributed by atoms with Gasteiger partial charge in [-0.1, -0.05) is 6.92 Å². The maximum Gasteiger partial charge on any atom is 0.416 e. The Morgan fingerprint density at radius 1 is 1.29 bits per heavy atom. The molecule has 0 heterocycles. The van der Waals surface area contributed by atoms with Crippen molar-refractivity contribution < 1.29 is 22.7 Å². The highest BCUT2D eigenvalue weighted by Gasteiger charge is 2.29. The Balaban J connectivity index is 2.32. The Kier molecular flexibility index (Phi) is 6.48. The highest BCUT2D eigenvalue weighted by atomic mass is 19.4. The van der Waals surface area contributed by atoms with Crippen LogP contribution in [0, 0.1) is 5.92 Å². The van der Waals surface area contributed by atoms with E-state index < -0.39 is 11.7 Å². The number of hydrogen-bond acceptors (Lipinski definition) is 3. The average Bonchev–Trinajstić information content (AvgIpc) is 2.43. The second-order valence-electron chi connectivity index (χ2n) is 4.62. The second-order valence-corrected chi connectivity index (χ2v) is 4.62. The van der Waals surface area contributed by atoms with Gasteiger partial charge in [-0.15, -0.1) is 0 Å². The highest BCUT2D eigenvalue weighted by Crippen LogP contribution is 2.30. The lowest BCUT2D eigenvalue weighted by atomic mass is 10.1. The van der Waals surface area contributed by atoms with Gasteiger partial charge in [-0.25, -0.2) is 0 Å². The monoisotopic (exact) mass is 304 g/mol. The molecule has 118 valence electrons. The van der Waals surface area contributed by atoms with Crippen molar-refractivity contribution in [3.8, 4) is 5.75 Å². The number of hydrogen-bond donors (Lipinski definition) is 2. The molecular weight excluding hydrogens is 285 g/mol. The molecule has 0 fully saturated rings. The molecule has 0 saturated carbocycles. The van der Waals surface area contributed by atoms with Crippen LogP contribution in [0.4, 0.5) is 13.2 Å². The third-order valence-electron chi connectivity index (χ3n) is 2.81. The van der Waals surface area contributed by atoms with E-state index in [-0.39, 0.29) is 18.4 Å². The van der Waals surface area contributed by atoms with E-state index in [1.165, 1.54) is 12.1 Å². The van der Waals surface area contributed by atoms with Crippen LogP contribution in [0.3, 0.4) is 0 Å². The fraction of sp³-hybridized carbons (Fsp3) is 0.500. The van der Waals surface area contributed by atoms with Crippen molar-refractivity contribution >= 4 is 5.91 Å². The summed E-state index contributed by atoms with van der Waals surface area (Å²) < 4.78 is 42.3. The van der Waals surface area contributed by atoms with Gasteiger partial charge in [0.2, 0.25) is 5.91 Å². The number of nitrogens with one attached hydrogen (secondary N) is 2. The van der Waals surface area contributed by atoms with Crippen LogP contribution < -0.4 is 15.4 Å². The Labute approximate surface area is 121 Å². The Bertz CT molecular complexity index is 447. The minimum absolute atomic E-state index is 0.0969. The minimum Gasteiger partial charge on any atom is -0.492 e. The van der Waals surface area contributed by atoms with Crippen LogP contribution in [0.5, 0.6) is 5.75 Å². The molecule has 21 heavy (non-hydrogen) atoms. The molecule has 0 aliphatic rings. The zero-order valence-electron chi connectivity index (χ0n) is 12.0. The molecule has 1 amide bonds. The fourth-order valence-corrected chi connectivity index (χ4v) is 1.66. The number of ether oxygens (including phenoxy) is 1. The van der Waals surface area contributed by atoms with Crippen molar-refractivity contribution in [3.63, 3.8) is 0 Å². The lowest BCUT2D eigenvalue weighted by Crippen LogP contribution is -2.36. The minimum atomic E-state index is -4.35. The summed E-state index contributed by atoms with van der Waals surface area (Å²) in [4.78, 5) is 11.6. The molecule has 1 unspecified atom stereocenters. The highest BCUT2D eigenvalue weighted by molar-refractivity contribution is 5.78. The summed E-state index contributed by atoms with van der Waals surface area (Å²) in [6.45, 7) is 2.87. The van der Waals surface area contributed by atoms with Crippen molar-refractivity contribution in [2.45, 2.75) is 13.1 Å². The van der Waals surface area contributed by atoms with Crippen molar-refractivity contribution in [2.75, 3.05) is 26.7 Å². The summed E-state index contributed by atoms with van der Waals surface area (Å²) >= 11 is 0. The van der Waals surface area contributed by atoms with Crippen molar-refractivity contribution in [1.29, 1.82) is 0 Å². The standard InChI is InChI=1S/C14H19F3N2O2/c1-10(9-18-2)13(20)19-7-8-21-12-5-3-11(4-6-12)14(15,16)17/h3-6,10,18H,7-9H2,1-2H3,(H,19,20). The molecule has 0 aromatic heterocycles. The molecule has 0 radical (unpaired) electrons. The summed E-state index contributed by atoms with van der Waals surface area (Å²) in [7, 11) is 1.76. The first-order valence-corrected chi connectivity index (χ1v) is 6.57. The first-order chi connectivity index (χ1) is 9.84. The first-order valence-electron chi connectivity index (χ1n) is 6.57. The number of alkyl halides is 3. The van der Waals surface area contributed by atoms with Crippen LogP contribution in [0.15, 0.2) is 24.3 Å². The van der Waals surface area contributed by atoms with Crippen LogP contribution in [0.25, 0.3) is 0 Å². The summed E-state index contributed by atoms with van der Waals surface area (Å²) in [5.74, 6) is 0.0851. The van der Waals surface area contributed by atoms with Crippen molar-refractivity contribution in [3.05, 3.63) is 29.8 Å². The molecule has 0 spiro atoms. The number of benzene rings is 1. The van der Waals surface area contributed by atoms with E-state index in [2.05, 4.69) is 10.6 Å². The predicted molar refractivity (Wildman–Crippen MR) is 73.0 cm³/mol. The SMILES string of the molecule is CNCC(C)C(=O)NCCOc1ccc(C(F)(F)F)cc1. The average molecular weight is 304 g/mol. The molecule has 1 atom stereocenters. The molecule has 7 heteroatoms. The van der Waals surface area contributed by atoms with Crippen LogP contribution in [0.1, 0.15) is 12.5 Å². The van der Waals surface area contributed by atoms with E-state index >= 15 is 0 Å². The van der Waals surface area contributed by atoms with Gasteiger partial charge >= 0.3 is 6.18 Å². The molecule has 0 aliphatic carbocycles. The molecule has 0 aliphatic heterocycles. The van der Waals surface area contributed by atoms with Crippen LogP contribution >= 0.6 is 0 Å². The van der Waals surface area contributed by atoms with Gasteiger partial charge in [-0.2, -0.15) is 13.2 Å². The lowest BCUT2D eigenvalue weighted by molar-refractivity contribution is -0.137. The van der Waals surface area contributed by atoms with E-state index in [0.717, 1.165) is 12.1 Å². The molecular formula is C14H19F3N2O2. The van der Waals surface area contributed by atoms with Gasteiger partial charge < -0.3 is 15.4 Å². The Morgan fingerprint density at radius 3 is 2.43 bits per heavy atom. The Morgan fingerprint density at radius 2 is 1.90 bits per heavy atom. The van der Waals surface area contributed by atoms with Crippen molar-refractivity contribution in [2.24, 2.45) is 5.92 Å². The quantitative estimate of drug-likeness (QED) is 0.758.